The Balaban J connectivity index is 2.52. The first-order chi connectivity index (χ1) is 7.27. The molecule has 1 atom stereocenters. The molecule has 15 heavy (non-hydrogen) atoms. The van der Waals surface area contributed by atoms with E-state index in [0.717, 1.165) is 30.8 Å². The Kier molecular flexibility index (Phi) is 5.15. The summed E-state index contributed by atoms with van der Waals surface area (Å²) in [5, 5.41) is 13.1. The van der Waals surface area contributed by atoms with Crippen molar-refractivity contribution in [2.75, 3.05) is 20.2 Å². The number of benzene rings is 1. The van der Waals surface area contributed by atoms with Gasteiger partial charge in [0.15, 0.2) is 0 Å². The molecule has 0 saturated carbocycles. The Morgan fingerprint density at radius 2 is 2.27 bits per heavy atom. The average molecular weight is 209 g/mol. The van der Waals surface area contributed by atoms with Gasteiger partial charge < -0.3 is 15.2 Å². The zero-order valence-corrected chi connectivity index (χ0v) is 9.36. The predicted octanol–water partition coefficient (Wildman–Crippen LogP) is 1.73. The van der Waals surface area contributed by atoms with Crippen molar-refractivity contribution in [3.05, 3.63) is 29.8 Å². The van der Waals surface area contributed by atoms with Crippen LogP contribution in [-0.2, 0) is 0 Å². The average Bonchev–Trinajstić information content (AvgIpc) is 2.29. The van der Waals surface area contributed by atoms with Crippen molar-refractivity contribution in [2.45, 2.75) is 19.4 Å². The molecule has 0 bridgehead atoms. The predicted molar refractivity (Wildman–Crippen MR) is 61.1 cm³/mol. The number of nitrogens with one attached hydrogen (secondary N) is 1. The minimum atomic E-state index is -0.417. The van der Waals surface area contributed by atoms with Crippen molar-refractivity contribution in [3.63, 3.8) is 0 Å². The van der Waals surface area contributed by atoms with E-state index >= 15 is 0 Å². The molecule has 0 heterocycles. The first kappa shape index (κ1) is 12.0. The smallest absolute Gasteiger partial charge is 0.119 e. The van der Waals surface area contributed by atoms with Gasteiger partial charge >= 0.3 is 0 Å². The van der Waals surface area contributed by atoms with Gasteiger partial charge in [0.25, 0.3) is 0 Å². The van der Waals surface area contributed by atoms with Crippen molar-refractivity contribution in [1.29, 1.82) is 0 Å². The maximum absolute atomic E-state index is 9.87. The first-order valence-corrected chi connectivity index (χ1v) is 5.30. The van der Waals surface area contributed by atoms with Crippen molar-refractivity contribution >= 4 is 0 Å². The molecule has 3 heteroatoms. The van der Waals surface area contributed by atoms with Gasteiger partial charge in [0.2, 0.25) is 0 Å². The molecule has 0 spiro atoms. The van der Waals surface area contributed by atoms with Crippen molar-refractivity contribution < 1.29 is 9.84 Å². The Hall–Kier alpha value is -1.06. The number of methoxy groups -OCH3 is 1. The number of hydrogen-bond donors (Lipinski definition) is 2. The molecule has 0 amide bonds. The standard InChI is InChI=1S/C12H19NO2/c1-3-13-8-7-12(14)10-5-4-6-11(9-10)15-2/h4-6,9,12-14H,3,7-8H2,1-2H3. The van der Waals surface area contributed by atoms with Crippen LogP contribution in [0.25, 0.3) is 0 Å². The molecule has 1 aromatic carbocycles. The van der Waals surface area contributed by atoms with E-state index in [1.807, 2.05) is 24.3 Å². The summed E-state index contributed by atoms with van der Waals surface area (Å²) in [5.41, 5.74) is 0.909. The van der Waals surface area contributed by atoms with Gasteiger partial charge in [0, 0.05) is 0 Å². The summed E-state index contributed by atoms with van der Waals surface area (Å²) in [5.74, 6) is 0.787. The highest BCUT2D eigenvalue weighted by molar-refractivity contribution is 5.29. The summed E-state index contributed by atoms with van der Waals surface area (Å²) < 4.78 is 5.10. The summed E-state index contributed by atoms with van der Waals surface area (Å²) >= 11 is 0. The third kappa shape index (κ3) is 3.90. The molecule has 0 radical (unpaired) electrons. The molecular formula is C12H19NO2. The molecule has 1 rings (SSSR count). The lowest BCUT2D eigenvalue weighted by molar-refractivity contribution is 0.167. The van der Waals surface area contributed by atoms with Crippen LogP contribution in [0.15, 0.2) is 24.3 Å². The van der Waals surface area contributed by atoms with Gasteiger partial charge in [-0.2, -0.15) is 0 Å². The lowest BCUT2D eigenvalue weighted by atomic mass is 10.1. The second kappa shape index (κ2) is 6.43. The number of aliphatic hydroxyl groups excluding tert-OH is 1. The van der Waals surface area contributed by atoms with Gasteiger partial charge in [-0.25, -0.2) is 0 Å². The summed E-state index contributed by atoms with van der Waals surface area (Å²) in [6, 6.07) is 7.56. The Labute approximate surface area is 91.1 Å². The van der Waals surface area contributed by atoms with Gasteiger partial charge in [-0.3, -0.25) is 0 Å². The number of aliphatic hydroxyl groups is 1. The molecule has 0 aromatic heterocycles. The van der Waals surface area contributed by atoms with Crippen LogP contribution in [0.5, 0.6) is 5.75 Å². The molecule has 0 aliphatic heterocycles. The van der Waals surface area contributed by atoms with Crippen molar-refractivity contribution in [2.24, 2.45) is 0 Å². The van der Waals surface area contributed by atoms with E-state index < -0.39 is 6.10 Å². The normalized spacial score (nSPS) is 12.5. The van der Waals surface area contributed by atoms with Crippen LogP contribution < -0.4 is 10.1 Å². The second-order valence-electron chi connectivity index (χ2n) is 3.43. The number of rotatable bonds is 6. The van der Waals surface area contributed by atoms with Crippen LogP contribution in [-0.4, -0.2) is 25.3 Å². The largest absolute Gasteiger partial charge is 0.497 e. The van der Waals surface area contributed by atoms with Crippen LogP contribution in [0, 0.1) is 0 Å². The van der Waals surface area contributed by atoms with E-state index in [1.54, 1.807) is 7.11 Å². The van der Waals surface area contributed by atoms with E-state index in [2.05, 4.69) is 12.2 Å². The highest BCUT2D eigenvalue weighted by atomic mass is 16.5. The fourth-order valence-electron chi connectivity index (χ4n) is 1.43. The van der Waals surface area contributed by atoms with Crippen LogP contribution in [0.1, 0.15) is 25.0 Å². The lowest BCUT2D eigenvalue weighted by Crippen LogP contribution is -2.16. The topological polar surface area (TPSA) is 41.5 Å². The highest BCUT2D eigenvalue weighted by Crippen LogP contribution is 2.20. The maximum Gasteiger partial charge on any atom is 0.119 e. The van der Waals surface area contributed by atoms with Crippen molar-refractivity contribution in [1.82, 2.24) is 5.32 Å². The summed E-state index contributed by atoms with van der Waals surface area (Å²) in [6.07, 6.45) is 0.306. The van der Waals surface area contributed by atoms with E-state index in [9.17, 15) is 5.11 Å². The molecule has 2 N–H and O–H groups in total. The summed E-state index contributed by atoms with van der Waals surface area (Å²) in [6.45, 7) is 3.82. The molecule has 84 valence electrons. The molecule has 1 unspecified atom stereocenters. The van der Waals surface area contributed by atoms with Crippen LogP contribution in [0.3, 0.4) is 0 Å². The second-order valence-corrected chi connectivity index (χ2v) is 3.43. The SMILES string of the molecule is CCNCCC(O)c1cccc(OC)c1. The molecular weight excluding hydrogens is 190 g/mol. The van der Waals surface area contributed by atoms with E-state index in [1.165, 1.54) is 0 Å². The third-order valence-corrected chi connectivity index (χ3v) is 2.32. The minimum absolute atomic E-state index is 0.417. The van der Waals surface area contributed by atoms with Gasteiger partial charge in [-0.05, 0) is 37.2 Å². The lowest BCUT2D eigenvalue weighted by Gasteiger charge is -2.12. The maximum atomic E-state index is 9.87. The van der Waals surface area contributed by atoms with Gasteiger partial charge in [0.05, 0.1) is 13.2 Å². The molecule has 1 aromatic rings. The molecule has 3 nitrogen and oxygen atoms in total. The third-order valence-electron chi connectivity index (χ3n) is 2.32. The Morgan fingerprint density at radius 3 is 2.93 bits per heavy atom. The van der Waals surface area contributed by atoms with Gasteiger partial charge in [0.1, 0.15) is 5.75 Å². The number of ether oxygens (including phenoxy) is 1. The quantitative estimate of drug-likeness (QED) is 0.701. The highest BCUT2D eigenvalue weighted by Gasteiger charge is 2.07. The Morgan fingerprint density at radius 1 is 1.47 bits per heavy atom. The zero-order chi connectivity index (χ0) is 11.1. The summed E-state index contributed by atoms with van der Waals surface area (Å²) in [7, 11) is 1.63. The molecule has 0 aliphatic rings. The molecule has 0 fully saturated rings. The van der Waals surface area contributed by atoms with Crippen molar-refractivity contribution in [3.8, 4) is 5.75 Å². The van der Waals surface area contributed by atoms with Crippen LogP contribution in [0.4, 0.5) is 0 Å². The van der Waals surface area contributed by atoms with E-state index in [-0.39, 0.29) is 0 Å². The van der Waals surface area contributed by atoms with Gasteiger partial charge in [-0.1, -0.05) is 19.1 Å². The minimum Gasteiger partial charge on any atom is -0.497 e. The van der Waals surface area contributed by atoms with E-state index in [4.69, 9.17) is 4.74 Å². The monoisotopic (exact) mass is 209 g/mol. The van der Waals surface area contributed by atoms with Crippen LogP contribution in [0.2, 0.25) is 0 Å². The molecule has 0 aliphatic carbocycles. The number of hydrogen-bond acceptors (Lipinski definition) is 3. The zero-order valence-electron chi connectivity index (χ0n) is 9.36. The Bertz CT molecular complexity index is 289. The fraction of sp³-hybridized carbons (Fsp3) is 0.500. The van der Waals surface area contributed by atoms with E-state index in [0.29, 0.717) is 0 Å². The first-order valence-electron chi connectivity index (χ1n) is 5.30. The molecule has 0 saturated heterocycles. The summed E-state index contributed by atoms with van der Waals surface area (Å²) in [4.78, 5) is 0. The fourth-order valence-corrected chi connectivity index (χ4v) is 1.43. The van der Waals surface area contributed by atoms with Gasteiger partial charge in [-0.15, -0.1) is 0 Å². The van der Waals surface area contributed by atoms with Crippen LogP contribution >= 0.6 is 0 Å².